The van der Waals surface area contributed by atoms with Gasteiger partial charge in [-0.25, -0.2) is 4.39 Å². The minimum Gasteiger partial charge on any atom is -0.483 e. The summed E-state index contributed by atoms with van der Waals surface area (Å²) in [5.74, 6) is -0.263. The molecule has 0 saturated carbocycles. The Labute approximate surface area is 76.0 Å². The fraction of sp³-hybridized carbons (Fsp3) is 0.222. The lowest BCUT2D eigenvalue weighted by molar-refractivity contribution is -0.122. The molecule has 0 heterocycles. The first kappa shape index (κ1) is 11.4. The normalized spacial score (nSPS) is 8.54. The summed E-state index contributed by atoms with van der Waals surface area (Å²) in [4.78, 5) is 8.36. The van der Waals surface area contributed by atoms with Crippen molar-refractivity contribution in [3.05, 3.63) is 29.1 Å². The van der Waals surface area contributed by atoms with Gasteiger partial charge in [-0.15, -0.1) is 0 Å². The topological polar surface area (TPSA) is 63.3 Å². The number of carboxylic acid groups (broad SMARTS) is 1. The second kappa shape index (κ2) is 5.13. The Morgan fingerprint density at radius 3 is 2.31 bits per heavy atom. The van der Waals surface area contributed by atoms with Gasteiger partial charge in [0.2, 0.25) is 0 Å². The van der Waals surface area contributed by atoms with Crippen LogP contribution < -0.4 is 5.73 Å². The van der Waals surface area contributed by atoms with Crippen LogP contribution in [0.2, 0.25) is 0 Å². The number of rotatable bonds is 0. The molecule has 1 aromatic rings. The second-order valence-electron chi connectivity index (χ2n) is 2.54. The summed E-state index contributed by atoms with van der Waals surface area (Å²) < 4.78 is 12.5. The molecule has 0 unspecified atom stereocenters. The molecule has 3 N–H and O–H groups in total. The minimum absolute atomic E-state index is 0.250. The standard InChI is InChI=1S/C8H10FN.CH2O2/c1-5-3-7(9)4-8(10)6(5)2;2-1-3/h3-4H,10H2,1-2H3;1H,(H,2,3). The fourth-order valence-corrected chi connectivity index (χ4v) is 0.841. The van der Waals surface area contributed by atoms with Gasteiger partial charge in [0.1, 0.15) is 5.82 Å². The van der Waals surface area contributed by atoms with Crippen molar-refractivity contribution in [2.45, 2.75) is 13.8 Å². The smallest absolute Gasteiger partial charge is 0.290 e. The van der Waals surface area contributed by atoms with E-state index >= 15 is 0 Å². The molecule has 0 bridgehead atoms. The zero-order chi connectivity index (χ0) is 10.4. The van der Waals surface area contributed by atoms with Gasteiger partial charge >= 0.3 is 0 Å². The molecule has 0 aromatic heterocycles. The molecule has 0 aliphatic carbocycles. The van der Waals surface area contributed by atoms with Crippen LogP contribution in [0.1, 0.15) is 11.1 Å². The summed E-state index contributed by atoms with van der Waals surface area (Å²) in [5, 5.41) is 6.89. The van der Waals surface area contributed by atoms with Crippen molar-refractivity contribution in [3.63, 3.8) is 0 Å². The molecule has 1 aromatic carbocycles. The van der Waals surface area contributed by atoms with Gasteiger partial charge in [0.15, 0.2) is 0 Å². The van der Waals surface area contributed by atoms with Gasteiger partial charge < -0.3 is 10.8 Å². The highest BCUT2D eigenvalue weighted by molar-refractivity contribution is 5.49. The summed E-state index contributed by atoms with van der Waals surface area (Å²) in [6.07, 6.45) is 0. The molecule has 0 radical (unpaired) electrons. The first-order valence-electron chi connectivity index (χ1n) is 3.63. The fourth-order valence-electron chi connectivity index (χ4n) is 0.841. The van der Waals surface area contributed by atoms with Gasteiger partial charge in [-0.2, -0.15) is 0 Å². The average molecular weight is 185 g/mol. The molecular weight excluding hydrogens is 173 g/mol. The van der Waals surface area contributed by atoms with Crippen LogP contribution in [0.3, 0.4) is 0 Å². The number of hydrogen-bond donors (Lipinski definition) is 2. The maximum Gasteiger partial charge on any atom is 0.290 e. The van der Waals surface area contributed by atoms with E-state index in [1.807, 2.05) is 13.8 Å². The number of anilines is 1. The molecule has 0 aliphatic rings. The van der Waals surface area contributed by atoms with E-state index in [-0.39, 0.29) is 12.3 Å². The molecule has 0 spiro atoms. The molecule has 1 rings (SSSR count). The third-order valence-electron chi connectivity index (χ3n) is 1.67. The maximum atomic E-state index is 12.5. The zero-order valence-electron chi connectivity index (χ0n) is 7.54. The van der Waals surface area contributed by atoms with Crippen molar-refractivity contribution in [3.8, 4) is 0 Å². The third kappa shape index (κ3) is 3.55. The lowest BCUT2D eigenvalue weighted by atomic mass is 10.1. The molecule has 3 nitrogen and oxygen atoms in total. The first-order chi connectivity index (χ1) is 6.02. The van der Waals surface area contributed by atoms with Crippen LogP contribution in [0.4, 0.5) is 10.1 Å². The molecule has 72 valence electrons. The lowest BCUT2D eigenvalue weighted by Crippen LogP contribution is -1.93. The highest BCUT2D eigenvalue weighted by Gasteiger charge is 1.99. The summed E-state index contributed by atoms with van der Waals surface area (Å²) in [7, 11) is 0. The second-order valence-corrected chi connectivity index (χ2v) is 2.54. The van der Waals surface area contributed by atoms with E-state index < -0.39 is 0 Å². The van der Waals surface area contributed by atoms with Crippen molar-refractivity contribution >= 4 is 12.2 Å². The highest BCUT2D eigenvalue weighted by atomic mass is 19.1. The molecule has 13 heavy (non-hydrogen) atoms. The Kier molecular flexibility index (Phi) is 4.51. The first-order valence-corrected chi connectivity index (χ1v) is 3.63. The van der Waals surface area contributed by atoms with Gasteiger partial charge in [-0.05, 0) is 37.1 Å². The molecule has 0 saturated heterocycles. The van der Waals surface area contributed by atoms with Crippen LogP contribution in [-0.2, 0) is 4.79 Å². The van der Waals surface area contributed by atoms with E-state index in [1.54, 1.807) is 0 Å². The predicted molar refractivity (Wildman–Crippen MR) is 49.0 cm³/mol. The van der Waals surface area contributed by atoms with Crippen molar-refractivity contribution in [1.29, 1.82) is 0 Å². The van der Waals surface area contributed by atoms with Crippen molar-refractivity contribution < 1.29 is 14.3 Å². The molecule has 0 atom stereocenters. The molecule has 0 aliphatic heterocycles. The van der Waals surface area contributed by atoms with Crippen LogP contribution in [0.15, 0.2) is 12.1 Å². The largest absolute Gasteiger partial charge is 0.483 e. The van der Waals surface area contributed by atoms with E-state index in [2.05, 4.69) is 0 Å². The van der Waals surface area contributed by atoms with E-state index in [1.165, 1.54) is 12.1 Å². The zero-order valence-corrected chi connectivity index (χ0v) is 7.54. The van der Waals surface area contributed by atoms with E-state index in [4.69, 9.17) is 15.6 Å². The van der Waals surface area contributed by atoms with E-state index in [0.717, 1.165) is 11.1 Å². The average Bonchev–Trinajstić information content (AvgIpc) is 2.01. The van der Waals surface area contributed by atoms with Crippen LogP contribution in [-0.4, -0.2) is 11.6 Å². The summed E-state index contributed by atoms with van der Waals surface area (Å²) in [5.41, 5.74) is 7.87. The Morgan fingerprint density at radius 1 is 1.46 bits per heavy atom. The summed E-state index contributed by atoms with van der Waals surface area (Å²) in [6.45, 7) is 3.47. The number of carbonyl (C=O) groups is 1. The SMILES string of the molecule is Cc1cc(F)cc(N)c1C.O=CO. The van der Waals surface area contributed by atoms with Crippen molar-refractivity contribution in [2.24, 2.45) is 0 Å². The Balaban J connectivity index is 0.000000424. The Morgan fingerprint density at radius 2 is 1.92 bits per heavy atom. The molecular formula is C9H12FNO2. The van der Waals surface area contributed by atoms with E-state index in [9.17, 15) is 4.39 Å². The summed E-state index contributed by atoms with van der Waals surface area (Å²) >= 11 is 0. The number of hydrogen-bond acceptors (Lipinski definition) is 2. The van der Waals surface area contributed by atoms with Crippen LogP contribution in [0.25, 0.3) is 0 Å². The number of benzene rings is 1. The number of nitrogen functional groups attached to an aromatic ring is 1. The van der Waals surface area contributed by atoms with Gasteiger partial charge in [0.05, 0.1) is 0 Å². The van der Waals surface area contributed by atoms with Crippen LogP contribution in [0, 0.1) is 19.7 Å². The summed E-state index contributed by atoms with van der Waals surface area (Å²) in [6, 6.07) is 2.81. The van der Waals surface area contributed by atoms with Crippen LogP contribution in [0.5, 0.6) is 0 Å². The third-order valence-corrected chi connectivity index (χ3v) is 1.67. The maximum absolute atomic E-state index is 12.5. The Bertz CT molecular complexity index is 277. The number of aryl methyl sites for hydroxylation is 1. The predicted octanol–water partition coefficient (Wildman–Crippen LogP) is 1.73. The van der Waals surface area contributed by atoms with Crippen LogP contribution >= 0.6 is 0 Å². The van der Waals surface area contributed by atoms with Gasteiger partial charge in [0.25, 0.3) is 6.47 Å². The lowest BCUT2D eigenvalue weighted by Gasteiger charge is -2.02. The minimum atomic E-state index is -0.263. The van der Waals surface area contributed by atoms with Gasteiger partial charge in [0, 0.05) is 5.69 Å². The number of nitrogens with two attached hydrogens (primary N) is 1. The van der Waals surface area contributed by atoms with E-state index in [0.29, 0.717) is 5.69 Å². The van der Waals surface area contributed by atoms with Crippen molar-refractivity contribution in [1.82, 2.24) is 0 Å². The monoisotopic (exact) mass is 185 g/mol. The van der Waals surface area contributed by atoms with Gasteiger partial charge in [-0.3, -0.25) is 4.79 Å². The molecule has 0 amide bonds. The van der Waals surface area contributed by atoms with Crippen molar-refractivity contribution in [2.75, 3.05) is 5.73 Å². The molecule has 0 fully saturated rings. The molecule has 4 heteroatoms. The Hall–Kier alpha value is -1.58. The quantitative estimate of drug-likeness (QED) is 0.478. The number of halogens is 1. The van der Waals surface area contributed by atoms with Gasteiger partial charge in [-0.1, -0.05) is 0 Å². The highest BCUT2D eigenvalue weighted by Crippen LogP contribution is 2.16.